The van der Waals surface area contributed by atoms with Gasteiger partial charge in [-0.15, -0.1) is 0 Å². The van der Waals surface area contributed by atoms with E-state index in [9.17, 15) is 4.79 Å². The van der Waals surface area contributed by atoms with Gasteiger partial charge in [-0.25, -0.2) is 0 Å². The third kappa shape index (κ3) is 4.03. The fourth-order valence-corrected chi connectivity index (χ4v) is 2.10. The number of carbonyl (C=O) groups excluding carboxylic acids is 1. The van der Waals surface area contributed by atoms with Gasteiger partial charge in [0.1, 0.15) is 0 Å². The first kappa shape index (κ1) is 13.5. The van der Waals surface area contributed by atoms with Gasteiger partial charge in [-0.05, 0) is 18.6 Å². The molecule has 0 aliphatic heterocycles. The standard InChI is InChI=1S/C13H16N4OS/c1-17(11-6-3-2-4-7-11)9-5-8-14-13(18)12-10-15-19-16-12/h2-4,6-7,10H,5,8-9H2,1H3,(H,14,18). The molecule has 6 heteroatoms. The number of rotatable bonds is 6. The lowest BCUT2D eigenvalue weighted by atomic mass is 10.3. The Bertz CT molecular complexity index is 501. The molecule has 0 bridgehead atoms. The molecule has 0 aliphatic carbocycles. The molecule has 1 amide bonds. The molecule has 0 atom stereocenters. The van der Waals surface area contributed by atoms with Gasteiger partial charge in [-0.2, -0.15) is 8.75 Å². The smallest absolute Gasteiger partial charge is 0.272 e. The van der Waals surface area contributed by atoms with Crippen LogP contribution in [-0.2, 0) is 0 Å². The highest BCUT2D eigenvalue weighted by molar-refractivity contribution is 6.99. The van der Waals surface area contributed by atoms with Crippen LogP contribution in [0.25, 0.3) is 0 Å². The molecule has 1 N–H and O–H groups in total. The SMILES string of the molecule is CN(CCCNC(=O)c1cnsn1)c1ccccc1. The Morgan fingerprint density at radius 1 is 1.37 bits per heavy atom. The van der Waals surface area contributed by atoms with Gasteiger partial charge >= 0.3 is 0 Å². The molecule has 100 valence electrons. The molecular formula is C13H16N4OS. The largest absolute Gasteiger partial charge is 0.375 e. The van der Waals surface area contributed by atoms with E-state index >= 15 is 0 Å². The van der Waals surface area contributed by atoms with Gasteiger partial charge in [-0.1, -0.05) is 18.2 Å². The van der Waals surface area contributed by atoms with Crippen molar-refractivity contribution in [3.05, 3.63) is 42.2 Å². The molecule has 0 aliphatic rings. The van der Waals surface area contributed by atoms with Gasteiger partial charge in [-0.3, -0.25) is 4.79 Å². The van der Waals surface area contributed by atoms with Crippen LogP contribution in [-0.4, -0.2) is 34.8 Å². The van der Waals surface area contributed by atoms with Crippen molar-refractivity contribution in [1.82, 2.24) is 14.1 Å². The van der Waals surface area contributed by atoms with E-state index in [1.807, 2.05) is 25.2 Å². The molecule has 2 rings (SSSR count). The zero-order valence-electron chi connectivity index (χ0n) is 10.7. The maximum atomic E-state index is 11.6. The van der Waals surface area contributed by atoms with Crippen LogP contribution < -0.4 is 10.2 Å². The quantitative estimate of drug-likeness (QED) is 0.817. The summed E-state index contributed by atoms with van der Waals surface area (Å²) in [7, 11) is 2.04. The normalized spacial score (nSPS) is 10.2. The highest BCUT2D eigenvalue weighted by Crippen LogP contribution is 2.10. The van der Waals surface area contributed by atoms with Crippen molar-refractivity contribution in [2.45, 2.75) is 6.42 Å². The topological polar surface area (TPSA) is 58.1 Å². The lowest BCUT2D eigenvalue weighted by Gasteiger charge is -2.19. The van der Waals surface area contributed by atoms with Crippen molar-refractivity contribution in [2.24, 2.45) is 0 Å². The fourth-order valence-electron chi connectivity index (χ4n) is 1.68. The summed E-state index contributed by atoms with van der Waals surface area (Å²) in [6.07, 6.45) is 2.37. The summed E-state index contributed by atoms with van der Waals surface area (Å²) in [4.78, 5) is 13.8. The van der Waals surface area contributed by atoms with E-state index in [1.165, 1.54) is 11.9 Å². The third-order valence-electron chi connectivity index (χ3n) is 2.75. The minimum Gasteiger partial charge on any atom is -0.375 e. The Balaban J connectivity index is 1.68. The lowest BCUT2D eigenvalue weighted by Crippen LogP contribution is -2.28. The molecular weight excluding hydrogens is 260 g/mol. The van der Waals surface area contributed by atoms with Crippen LogP contribution in [0.1, 0.15) is 16.9 Å². The van der Waals surface area contributed by atoms with E-state index in [4.69, 9.17) is 0 Å². The van der Waals surface area contributed by atoms with Gasteiger partial charge < -0.3 is 10.2 Å². The Morgan fingerprint density at radius 2 is 2.16 bits per heavy atom. The van der Waals surface area contributed by atoms with Crippen LogP contribution in [0.5, 0.6) is 0 Å². The number of nitrogens with zero attached hydrogens (tertiary/aromatic N) is 3. The molecule has 0 unspecified atom stereocenters. The van der Waals surface area contributed by atoms with Crippen molar-refractivity contribution in [1.29, 1.82) is 0 Å². The predicted octanol–water partition coefficient (Wildman–Crippen LogP) is 1.79. The van der Waals surface area contributed by atoms with Crippen LogP contribution in [0.3, 0.4) is 0 Å². The van der Waals surface area contributed by atoms with Crippen LogP contribution in [0.15, 0.2) is 36.5 Å². The zero-order chi connectivity index (χ0) is 13.5. The number of hydrogen-bond acceptors (Lipinski definition) is 5. The second-order valence-electron chi connectivity index (χ2n) is 4.16. The highest BCUT2D eigenvalue weighted by Gasteiger charge is 2.07. The summed E-state index contributed by atoms with van der Waals surface area (Å²) in [6, 6.07) is 10.2. The molecule has 19 heavy (non-hydrogen) atoms. The van der Waals surface area contributed by atoms with E-state index in [-0.39, 0.29) is 5.91 Å². The molecule has 1 aromatic heterocycles. The van der Waals surface area contributed by atoms with E-state index < -0.39 is 0 Å². The summed E-state index contributed by atoms with van der Waals surface area (Å²) in [5.41, 5.74) is 1.57. The number of anilines is 1. The summed E-state index contributed by atoms with van der Waals surface area (Å²) in [5.74, 6) is -0.156. The van der Waals surface area contributed by atoms with E-state index in [0.717, 1.165) is 24.7 Å². The van der Waals surface area contributed by atoms with E-state index in [0.29, 0.717) is 12.2 Å². The molecule has 0 fully saturated rings. The first-order chi connectivity index (χ1) is 9.27. The van der Waals surface area contributed by atoms with Crippen molar-refractivity contribution in [3.63, 3.8) is 0 Å². The van der Waals surface area contributed by atoms with Gasteiger partial charge in [0.25, 0.3) is 5.91 Å². The van der Waals surface area contributed by atoms with Crippen molar-refractivity contribution < 1.29 is 4.79 Å². The Labute approximate surface area is 116 Å². The highest BCUT2D eigenvalue weighted by atomic mass is 32.1. The van der Waals surface area contributed by atoms with Gasteiger partial charge in [0.15, 0.2) is 5.69 Å². The fraction of sp³-hybridized carbons (Fsp3) is 0.308. The predicted molar refractivity (Wildman–Crippen MR) is 76.6 cm³/mol. The van der Waals surface area contributed by atoms with Crippen LogP contribution in [0.2, 0.25) is 0 Å². The summed E-state index contributed by atoms with van der Waals surface area (Å²) in [6.45, 7) is 1.52. The van der Waals surface area contributed by atoms with Crippen LogP contribution in [0, 0.1) is 0 Å². The second-order valence-corrected chi connectivity index (χ2v) is 4.72. The van der Waals surface area contributed by atoms with E-state index in [1.54, 1.807) is 0 Å². The minimum atomic E-state index is -0.156. The number of benzene rings is 1. The van der Waals surface area contributed by atoms with Crippen molar-refractivity contribution in [2.75, 3.05) is 25.0 Å². The Hall–Kier alpha value is -1.95. The number of aromatic nitrogens is 2. The molecule has 0 saturated heterocycles. The summed E-state index contributed by atoms with van der Waals surface area (Å²) < 4.78 is 7.69. The average Bonchev–Trinajstić information content (AvgIpc) is 2.98. The van der Waals surface area contributed by atoms with Gasteiger partial charge in [0.2, 0.25) is 0 Å². The molecule has 5 nitrogen and oxygen atoms in total. The first-order valence-corrected chi connectivity index (χ1v) is 6.82. The second kappa shape index (κ2) is 6.84. The zero-order valence-corrected chi connectivity index (χ0v) is 11.6. The average molecular weight is 276 g/mol. The first-order valence-electron chi connectivity index (χ1n) is 6.09. The number of hydrogen-bond donors (Lipinski definition) is 1. The number of nitrogens with one attached hydrogen (secondary N) is 1. The molecule has 1 heterocycles. The third-order valence-corrected chi connectivity index (χ3v) is 3.22. The maximum absolute atomic E-state index is 11.6. The minimum absolute atomic E-state index is 0.156. The number of carbonyl (C=O) groups is 1. The Morgan fingerprint density at radius 3 is 2.84 bits per heavy atom. The lowest BCUT2D eigenvalue weighted by molar-refractivity contribution is 0.0949. The van der Waals surface area contributed by atoms with Gasteiger partial charge in [0.05, 0.1) is 17.9 Å². The summed E-state index contributed by atoms with van der Waals surface area (Å²) in [5, 5.41) is 2.83. The van der Waals surface area contributed by atoms with Crippen LogP contribution in [0.4, 0.5) is 5.69 Å². The van der Waals surface area contributed by atoms with Crippen molar-refractivity contribution in [3.8, 4) is 0 Å². The molecule has 2 aromatic rings. The van der Waals surface area contributed by atoms with Gasteiger partial charge in [0, 0.05) is 25.8 Å². The number of amides is 1. The molecule has 0 saturated carbocycles. The van der Waals surface area contributed by atoms with Crippen molar-refractivity contribution >= 4 is 23.3 Å². The monoisotopic (exact) mass is 276 g/mol. The maximum Gasteiger partial charge on any atom is 0.272 e. The molecule has 0 spiro atoms. The molecule has 0 radical (unpaired) electrons. The molecule has 1 aromatic carbocycles. The Kier molecular flexibility index (Phi) is 4.85. The number of para-hydroxylation sites is 1. The van der Waals surface area contributed by atoms with Crippen LogP contribution >= 0.6 is 11.7 Å². The van der Waals surface area contributed by atoms with E-state index in [2.05, 4.69) is 31.1 Å². The summed E-state index contributed by atoms with van der Waals surface area (Å²) >= 11 is 1.04.